The summed E-state index contributed by atoms with van der Waals surface area (Å²) < 4.78 is 0. The Bertz CT molecular complexity index is 981. The van der Waals surface area contributed by atoms with Crippen molar-refractivity contribution in [2.75, 3.05) is 0 Å². The van der Waals surface area contributed by atoms with Crippen LogP contribution in [0.4, 0.5) is 0 Å². The van der Waals surface area contributed by atoms with Crippen molar-refractivity contribution >= 4 is 22.5 Å². The van der Waals surface area contributed by atoms with Crippen molar-refractivity contribution in [2.45, 2.75) is 0 Å². The second-order valence-corrected chi connectivity index (χ2v) is 5.66. The number of fused-ring (bicyclic) bond motifs is 1. The Kier molecular flexibility index (Phi) is 3.52. The summed E-state index contributed by atoms with van der Waals surface area (Å²) in [4.78, 5) is 9.11. The molecule has 3 aromatic carbocycles. The molecule has 1 aromatic heterocycles. The van der Waals surface area contributed by atoms with Crippen LogP contribution < -0.4 is 0 Å². The van der Waals surface area contributed by atoms with E-state index in [4.69, 9.17) is 11.6 Å². The molecule has 0 saturated carbocycles. The molecule has 1 heterocycles. The highest BCUT2D eigenvalue weighted by molar-refractivity contribution is 6.34. The molecule has 2 nitrogen and oxygen atoms in total. The second kappa shape index (κ2) is 5.82. The van der Waals surface area contributed by atoms with Crippen molar-refractivity contribution in [2.24, 2.45) is 0 Å². The first-order valence-electron chi connectivity index (χ1n) is 7.39. The number of rotatable bonds is 2. The molecule has 23 heavy (non-hydrogen) atoms. The minimum absolute atomic E-state index is 0.482. The van der Waals surface area contributed by atoms with Crippen LogP contribution in [0, 0.1) is 0 Å². The summed E-state index contributed by atoms with van der Waals surface area (Å²) >= 11 is 6.32. The van der Waals surface area contributed by atoms with E-state index in [9.17, 15) is 0 Å². The van der Waals surface area contributed by atoms with Gasteiger partial charge in [0.1, 0.15) is 5.15 Å². The number of benzene rings is 3. The molecule has 3 heteroatoms. The Labute approximate surface area is 139 Å². The van der Waals surface area contributed by atoms with Crippen LogP contribution in [0.25, 0.3) is 33.4 Å². The molecule has 0 aliphatic heterocycles. The first-order valence-corrected chi connectivity index (χ1v) is 7.77. The van der Waals surface area contributed by atoms with Gasteiger partial charge in [0.05, 0.1) is 5.52 Å². The van der Waals surface area contributed by atoms with E-state index in [0.29, 0.717) is 11.0 Å². The normalized spacial score (nSPS) is 10.8. The van der Waals surface area contributed by atoms with Crippen molar-refractivity contribution in [1.82, 2.24) is 9.97 Å². The van der Waals surface area contributed by atoms with Crippen LogP contribution >= 0.6 is 11.6 Å². The lowest BCUT2D eigenvalue weighted by atomic mass is 10.0. The third kappa shape index (κ3) is 2.69. The quantitative estimate of drug-likeness (QED) is 0.449. The first-order chi connectivity index (χ1) is 11.3. The number of para-hydroxylation sites is 1. The number of halogens is 1. The highest BCUT2D eigenvalue weighted by atomic mass is 35.5. The van der Waals surface area contributed by atoms with E-state index in [2.05, 4.69) is 34.2 Å². The van der Waals surface area contributed by atoms with E-state index in [1.165, 1.54) is 5.56 Å². The monoisotopic (exact) mass is 316 g/mol. The molecule has 4 aromatic rings. The van der Waals surface area contributed by atoms with Crippen molar-refractivity contribution < 1.29 is 0 Å². The van der Waals surface area contributed by atoms with Crippen LogP contribution in [-0.2, 0) is 0 Å². The Morgan fingerprint density at radius 3 is 2.17 bits per heavy atom. The minimum atomic E-state index is 0.482. The van der Waals surface area contributed by atoms with Gasteiger partial charge in [0.15, 0.2) is 5.82 Å². The SMILES string of the molecule is Clc1nc(-c2cccc(-c3ccccc3)c2)nc2ccccc12. The fourth-order valence-corrected chi connectivity index (χ4v) is 2.88. The largest absolute Gasteiger partial charge is 0.228 e. The highest BCUT2D eigenvalue weighted by Gasteiger charge is 2.08. The van der Waals surface area contributed by atoms with Gasteiger partial charge in [0, 0.05) is 10.9 Å². The summed E-state index contributed by atoms with van der Waals surface area (Å²) in [5.74, 6) is 0.645. The summed E-state index contributed by atoms with van der Waals surface area (Å²) in [5, 5.41) is 1.35. The molecule has 4 rings (SSSR count). The predicted molar refractivity (Wildman–Crippen MR) is 95.4 cm³/mol. The molecule has 0 radical (unpaired) electrons. The molecule has 0 amide bonds. The average Bonchev–Trinajstić information content (AvgIpc) is 2.62. The standard InChI is InChI=1S/C20H13ClN2/c21-19-17-11-4-5-12-18(17)22-20(23-19)16-10-6-9-15(13-16)14-7-2-1-3-8-14/h1-13H. The maximum Gasteiger partial charge on any atom is 0.161 e. The summed E-state index contributed by atoms with van der Waals surface area (Å²) in [7, 11) is 0. The number of aromatic nitrogens is 2. The topological polar surface area (TPSA) is 25.8 Å². The lowest BCUT2D eigenvalue weighted by Gasteiger charge is -2.07. The number of hydrogen-bond donors (Lipinski definition) is 0. The molecular formula is C20H13ClN2. The molecule has 0 unspecified atom stereocenters. The van der Waals surface area contributed by atoms with Crippen molar-refractivity contribution in [3.63, 3.8) is 0 Å². The Balaban J connectivity index is 1.85. The van der Waals surface area contributed by atoms with Crippen LogP contribution in [-0.4, -0.2) is 9.97 Å². The molecule has 0 atom stereocenters. The summed E-state index contributed by atoms with van der Waals surface area (Å²) in [6.07, 6.45) is 0. The fraction of sp³-hybridized carbons (Fsp3) is 0. The molecular weight excluding hydrogens is 304 g/mol. The zero-order chi connectivity index (χ0) is 15.6. The first kappa shape index (κ1) is 13.9. The van der Waals surface area contributed by atoms with Crippen LogP contribution in [0.1, 0.15) is 0 Å². The van der Waals surface area contributed by atoms with Gasteiger partial charge in [0.25, 0.3) is 0 Å². The van der Waals surface area contributed by atoms with E-state index in [1.54, 1.807) is 0 Å². The molecule has 0 aliphatic carbocycles. The van der Waals surface area contributed by atoms with Crippen molar-refractivity contribution in [3.8, 4) is 22.5 Å². The van der Waals surface area contributed by atoms with Crippen LogP contribution in [0.3, 0.4) is 0 Å². The van der Waals surface area contributed by atoms with E-state index in [-0.39, 0.29) is 0 Å². The van der Waals surface area contributed by atoms with Gasteiger partial charge in [-0.05, 0) is 29.3 Å². The average molecular weight is 317 g/mol. The van der Waals surface area contributed by atoms with E-state index < -0.39 is 0 Å². The molecule has 110 valence electrons. The van der Waals surface area contributed by atoms with Crippen LogP contribution in [0.5, 0.6) is 0 Å². The van der Waals surface area contributed by atoms with Gasteiger partial charge < -0.3 is 0 Å². The predicted octanol–water partition coefficient (Wildman–Crippen LogP) is 5.62. The van der Waals surface area contributed by atoms with E-state index in [1.807, 2.05) is 54.6 Å². The second-order valence-electron chi connectivity index (χ2n) is 5.30. The maximum absolute atomic E-state index is 6.32. The van der Waals surface area contributed by atoms with E-state index >= 15 is 0 Å². The van der Waals surface area contributed by atoms with Crippen LogP contribution in [0.2, 0.25) is 5.15 Å². The van der Waals surface area contributed by atoms with Crippen molar-refractivity contribution in [1.29, 1.82) is 0 Å². The zero-order valence-electron chi connectivity index (χ0n) is 12.3. The fourth-order valence-electron chi connectivity index (χ4n) is 2.64. The van der Waals surface area contributed by atoms with E-state index in [0.717, 1.165) is 22.0 Å². The van der Waals surface area contributed by atoms with Gasteiger partial charge in [0.2, 0.25) is 0 Å². The zero-order valence-corrected chi connectivity index (χ0v) is 13.0. The van der Waals surface area contributed by atoms with Gasteiger partial charge in [-0.3, -0.25) is 0 Å². The Morgan fingerprint density at radius 2 is 1.30 bits per heavy atom. The molecule has 0 aliphatic rings. The molecule has 0 N–H and O–H groups in total. The van der Waals surface area contributed by atoms with Gasteiger partial charge in [-0.2, -0.15) is 0 Å². The third-order valence-corrected chi connectivity index (χ3v) is 4.07. The van der Waals surface area contributed by atoms with Crippen molar-refractivity contribution in [3.05, 3.63) is 84.0 Å². The van der Waals surface area contributed by atoms with Gasteiger partial charge in [-0.25, -0.2) is 9.97 Å². The Morgan fingerprint density at radius 1 is 0.609 bits per heavy atom. The molecule has 0 saturated heterocycles. The summed E-state index contributed by atoms with van der Waals surface area (Å²) in [6.45, 7) is 0. The Hall–Kier alpha value is -2.71. The minimum Gasteiger partial charge on any atom is -0.228 e. The van der Waals surface area contributed by atoms with Crippen LogP contribution in [0.15, 0.2) is 78.9 Å². The summed E-state index contributed by atoms with van der Waals surface area (Å²) in [5.41, 5.74) is 4.11. The summed E-state index contributed by atoms with van der Waals surface area (Å²) in [6, 6.07) is 26.2. The lowest BCUT2D eigenvalue weighted by molar-refractivity contribution is 1.23. The number of hydrogen-bond acceptors (Lipinski definition) is 2. The number of nitrogens with zero attached hydrogens (tertiary/aromatic N) is 2. The molecule has 0 spiro atoms. The maximum atomic E-state index is 6.32. The smallest absolute Gasteiger partial charge is 0.161 e. The third-order valence-electron chi connectivity index (χ3n) is 3.78. The lowest BCUT2D eigenvalue weighted by Crippen LogP contribution is -1.92. The van der Waals surface area contributed by atoms with Gasteiger partial charge in [-0.1, -0.05) is 72.3 Å². The molecule has 0 fully saturated rings. The molecule has 0 bridgehead atoms. The highest BCUT2D eigenvalue weighted by Crippen LogP contribution is 2.27. The van der Waals surface area contributed by atoms with Gasteiger partial charge >= 0.3 is 0 Å². The van der Waals surface area contributed by atoms with Gasteiger partial charge in [-0.15, -0.1) is 0 Å².